The lowest BCUT2D eigenvalue weighted by molar-refractivity contribution is -0.116. The standard InChI is InChI=1S/C19H18Cl2N2O2S/c1-11(2)23-16-7-5-13(10-17(16)26-19(23)25)22-18(24)8-4-12-3-6-14(20)15(21)9-12/h3,5-7,9-11H,4,8H2,1-2H3,(H,22,24). The number of nitrogens with zero attached hydrogens (tertiary/aromatic N) is 1. The number of amides is 1. The molecule has 0 spiro atoms. The summed E-state index contributed by atoms with van der Waals surface area (Å²) in [6.07, 6.45) is 0.904. The largest absolute Gasteiger partial charge is 0.326 e. The summed E-state index contributed by atoms with van der Waals surface area (Å²) in [5, 5.41) is 3.87. The first-order valence-electron chi connectivity index (χ1n) is 8.24. The molecule has 1 aromatic heterocycles. The van der Waals surface area contributed by atoms with Crippen LogP contribution in [0.5, 0.6) is 0 Å². The van der Waals surface area contributed by atoms with Crippen LogP contribution >= 0.6 is 34.5 Å². The molecule has 0 unspecified atom stereocenters. The number of aryl methyl sites for hydroxylation is 1. The van der Waals surface area contributed by atoms with Crippen LogP contribution in [0.2, 0.25) is 10.0 Å². The van der Waals surface area contributed by atoms with E-state index in [1.165, 1.54) is 11.3 Å². The Morgan fingerprint density at radius 3 is 2.62 bits per heavy atom. The maximum atomic E-state index is 12.2. The Morgan fingerprint density at radius 2 is 1.92 bits per heavy atom. The molecule has 1 heterocycles. The number of hydrogen-bond acceptors (Lipinski definition) is 3. The number of aromatic nitrogens is 1. The molecule has 2 aromatic carbocycles. The molecule has 0 saturated carbocycles. The summed E-state index contributed by atoms with van der Waals surface area (Å²) in [7, 11) is 0. The Kier molecular flexibility index (Phi) is 5.70. The number of thiazole rings is 1. The molecule has 0 saturated heterocycles. The van der Waals surface area contributed by atoms with E-state index in [9.17, 15) is 9.59 Å². The second kappa shape index (κ2) is 7.82. The van der Waals surface area contributed by atoms with Crippen LogP contribution in [0.4, 0.5) is 5.69 Å². The summed E-state index contributed by atoms with van der Waals surface area (Å²) in [4.78, 5) is 24.3. The van der Waals surface area contributed by atoms with Gasteiger partial charge in [0.15, 0.2) is 0 Å². The first-order valence-corrected chi connectivity index (χ1v) is 9.81. The van der Waals surface area contributed by atoms with E-state index in [1.54, 1.807) is 16.7 Å². The van der Waals surface area contributed by atoms with E-state index >= 15 is 0 Å². The first-order chi connectivity index (χ1) is 12.3. The van der Waals surface area contributed by atoms with E-state index in [0.717, 1.165) is 15.8 Å². The number of carbonyl (C=O) groups is 1. The van der Waals surface area contributed by atoms with Crippen LogP contribution in [-0.2, 0) is 11.2 Å². The lowest BCUT2D eigenvalue weighted by atomic mass is 10.1. The molecular weight excluding hydrogens is 391 g/mol. The van der Waals surface area contributed by atoms with Gasteiger partial charge in [-0.25, -0.2) is 0 Å². The summed E-state index contributed by atoms with van der Waals surface area (Å²) in [6.45, 7) is 3.96. The summed E-state index contributed by atoms with van der Waals surface area (Å²) < 4.78 is 2.63. The van der Waals surface area contributed by atoms with E-state index in [2.05, 4.69) is 5.32 Å². The lowest BCUT2D eigenvalue weighted by Crippen LogP contribution is -2.14. The van der Waals surface area contributed by atoms with Crippen LogP contribution in [0.1, 0.15) is 31.9 Å². The second-order valence-corrected chi connectivity index (χ2v) is 8.12. The van der Waals surface area contributed by atoms with Crippen molar-refractivity contribution in [1.29, 1.82) is 0 Å². The number of carbonyl (C=O) groups excluding carboxylic acids is 1. The third kappa shape index (κ3) is 4.11. The van der Waals surface area contributed by atoms with Gasteiger partial charge in [-0.2, -0.15) is 0 Å². The monoisotopic (exact) mass is 408 g/mol. The molecule has 1 amide bonds. The van der Waals surface area contributed by atoms with Gasteiger partial charge in [0.25, 0.3) is 0 Å². The Labute approximate surface area is 165 Å². The van der Waals surface area contributed by atoms with Gasteiger partial charge >= 0.3 is 4.87 Å². The Balaban J connectivity index is 1.69. The summed E-state index contributed by atoms with van der Waals surface area (Å²) in [5.41, 5.74) is 2.54. The van der Waals surface area contributed by atoms with Crippen molar-refractivity contribution in [3.05, 3.63) is 61.7 Å². The van der Waals surface area contributed by atoms with E-state index in [4.69, 9.17) is 23.2 Å². The number of halogens is 2. The highest BCUT2D eigenvalue weighted by Gasteiger charge is 2.12. The van der Waals surface area contributed by atoms with Crippen LogP contribution < -0.4 is 10.2 Å². The third-order valence-electron chi connectivity index (χ3n) is 4.04. The van der Waals surface area contributed by atoms with Crippen LogP contribution in [0, 0.1) is 0 Å². The predicted molar refractivity (Wildman–Crippen MR) is 110 cm³/mol. The van der Waals surface area contributed by atoms with Crippen LogP contribution in [0.15, 0.2) is 41.2 Å². The van der Waals surface area contributed by atoms with Crippen molar-refractivity contribution < 1.29 is 4.79 Å². The second-order valence-electron chi connectivity index (χ2n) is 6.31. The van der Waals surface area contributed by atoms with Gasteiger partial charge in [0, 0.05) is 18.2 Å². The number of fused-ring (bicyclic) bond motifs is 1. The molecule has 0 fully saturated rings. The fourth-order valence-electron chi connectivity index (χ4n) is 2.78. The van der Waals surface area contributed by atoms with Crippen LogP contribution in [-0.4, -0.2) is 10.5 Å². The zero-order valence-electron chi connectivity index (χ0n) is 14.4. The quantitative estimate of drug-likeness (QED) is 0.603. The molecule has 1 N–H and O–H groups in total. The van der Waals surface area contributed by atoms with Crippen molar-refractivity contribution in [3.63, 3.8) is 0 Å². The topological polar surface area (TPSA) is 51.1 Å². The van der Waals surface area contributed by atoms with E-state index in [-0.39, 0.29) is 16.8 Å². The fraction of sp³-hybridized carbons (Fsp3) is 0.263. The molecule has 26 heavy (non-hydrogen) atoms. The van der Waals surface area contributed by atoms with Crippen molar-refractivity contribution >= 4 is 56.3 Å². The SMILES string of the molecule is CC(C)n1c(=O)sc2cc(NC(=O)CCc3ccc(Cl)c(Cl)c3)ccc21. The highest BCUT2D eigenvalue weighted by molar-refractivity contribution is 7.16. The Morgan fingerprint density at radius 1 is 1.15 bits per heavy atom. The summed E-state index contributed by atoms with van der Waals surface area (Å²) in [5.74, 6) is -0.0916. The average Bonchev–Trinajstić information content (AvgIpc) is 2.91. The molecule has 0 aliphatic heterocycles. The van der Waals surface area contributed by atoms with Gasteiger partial charge in [0.1, 0.15) is 0 Å². The van der Waals surface area contributed by atoms with Crippen molar-refractivity contribution in [2.75, 3.05) is 5.32 Å². The van der Waals surface area contributed by atoms with E-state index < -0.39 is 0 Å². The normalized spacial score (nSPS) is 11.3. The zero-order chi connectivity index (χ0) is 18.8. The molecule has 3 rings (SSSR count). The highest BCUT2D eigenvalue weighted by atomic mass is 35.5. The average molecular weight is 409 g/mol. The van der Waals surface area contributed by atoms with Gasteiger partial charge in [0.2, 0.25) is 5.91 Å². The number of hydrogen-bond donors (Lipinski definition) is 1. The van der Waals surface area contributed by atoms with Crippen molar-refractivity contribution in [2.45, 2.75) is 32.7 Å². The van der Waals surface area contributed by atoms with Gasteiger partial charge in [-0.15, -0.1) is 0 Å². The minimum Gasteiger partial charge on any atom is -0.326 e. The summed E-state index contributed by atoms with van der Waals surface area (Å²) in [6, 6.07) is 11.0. The maximum absolute atomic E-state index is 12.2. The van der Waals surface area contributed by atoms with E-state index in [0.29, 0.717) is 28.6 Å². The summed E-state index contributed by atoms with van der Waals surface area (Å²) >= 11 is 13.1. The van der Waals surface area contributed by atoms with Crippen LogP contribution in [0.25, 0.3) is 10.2 Å². The molecule has 0 atom stereocenters. The minimum atomic E-state index is -0.0916. The van der Waals surface area contributed by atoms with E-state index in [1.807, 2.05) is 38.1 Å². The Hall–Kier alpha value is -1.82. The fourth-order valence-corrected chi connectivity index (χ4v) is 4.15. The number of nitrogens with one attached hydrogen (secondary N) is 1. The smallest absolute Gasteiger partial charge is 0.308 e. The molecule has 0 bridgehead atoms. The lowest BCUT2D eigenvalue weighted by Gasteiger charge is -2.09. The Bertz CT molecular complexity index is 1020. The first kappa shape index (κ1) is 19.0. The van der Waals surface area contributed by atoms with Gasteiger partial charge in [-0.1, -0.05) is 40.6 Å². The molecule has 0 aliphatic carbocycles. The molecule has 0 radical (unpaired) electrons. The van der Waals surface area contributed by atoms with Crippen LogP contribution in [0.3, 0.4) is 0 Å². The third-order valence-corrected chi connectivity index (χ3v) is 5.70. The van der Waals surface area contributed by atoms with Gasteiger partial charge in [0.05, 0.1) is 20.3 Å². The van der Waals surface area contributed by atoms with Gasteiger partial charge in [-0.05, 0) is 56.2 Å². The van der Waals surface area contributed by atoms with Crippen molar-refractivity contribution in [3.8, 4) is 0 Å². The molecule has 4 nitrogen and oxygen atoms in total. The van der Waals surface area contributed by atoms with Crippen molar-refractivity contribution in [1.82, 2.24) is 4.57 Å². The molecule has 7 heteroatoms. The number of anilines is 1. The zero-order valence-corrected chi connectivity index (χ0v) is 16.7. The highest BCUT2D eigenvalue weighted by Crippen LogP contribution is 2.25. The number of benzene rings is 2. The molecule has 136 valence electrons. The molecular formula is C19H18Cl2N2O2S. The molecule has 3 aromatic rings. The number of rotatable bonds is 5. The molecule has 0 aliphatic rings. The van der Waals surface area contributed by atoms with Gasteiger partial charge in [-0.3, -0.25) is 14.2 Å². The van der Waals surface area contributed by atoms with Gasteiger partial charge < -0.3 is 5.32 Å². The van der Waals surface area contributed by atoms with Crippen molar-refractivity contribution in [2.24, 2.45) is 0 Å². The maximum Gasteiger partial charge on any atom is 0.308 e. The minimum absolute atomic E-state index is 0.0121. The predicted octanol–water partition coefficient (Wildman–Crippen LogP) is 5.52.